The molecule has 0 spiro atoms. The molecule has 0 bridgehead atoms. The van der Waals surface area contributed by atoms with Crippen LogP contribution in [0.5, 0.6) is 11.8 Å². The van der Waals surface area contributed by atoms with Gasteiger partial charge >= 0.3 is 0 Å². The van der Waals surface area contributed by atoms with Gasteiger partial charge in [0.1, 0.15) is 0 Å². The number of methoxy groups -OCH3 is 2. The minimum atomic E-state index is -0.906. The number of ether oxygens (including phenoxy) is 2. The number of hydrogen-bond donors (Lipinski definition) is 0. The van der Waals surface area contributed by atoms with Crippen LogP contribution in [-0.4, -0.2) is 41.8 Å². The molecule has 2 aromatic carbocycles. The minimum Gasteiger partial charge on any atom is -0.480 e. The molecule has 0 unspecified atom stereocenters. The van der Waals surface area contributed by atoms with Crippen molar-refractivity contribution in [1.29, 1.82) is 0 Å². The molecular formula is C23H21F2N3O3. The Balaban J connectivity index is 1.61. The first kappa shape index (κ1) is 20.7. The second-order valence-electron chi connectivity index (χ2n) is 7.19. The molecule has 0 saturated carbocycles. The highest BCUT2D eigenvalue weighted by molar-refractivity contribution is 5.95. The number of hydrogen-bond acceptors (Lipinski definition) is 5. The summed E-state index contributed by atoms with van der Waals surface area (Å²) in [6.07, 6.45) is 1.31. The van der Waals surface area contributed by atoms with Gasteiger partial charge in [0.15, 0.2) is 11.6 Å². The second kappa shape index (κ2) is 8.67. The zero-order valence-corrected chi connectivity index (χ0v) is 17.1. The van der Waals surface area contributed by atoms with Gasteiger partial charge in [-0.2, -0.15) is 0 Å². The van der Waals surface area contributed by atoms with E-state index in [9.17, 15) is 13.6 Å². The molecule has 1 aliphatic rings. The van der Waals surface area contributed by atoms with Crippen molar-refractivity contribution in [2.24, 2.45) is 0 Å². The fraction of sp³-hybridized carbons (Fsp3) is 0.261. The van der Waals surface area contributed by atoms with E-state index in [-0.39, 0.29) is 11.5 Å². The van der Waals surface area contributed by atoms with Gasteiger partial charge in [-0.25, -0.2) is 8.78 Å². The van der Waals surface area contributed by atoms with Crippen molar-refractivity contribution in [3.8, 4) is 22.9 Å². The van der Waals surface area contributed by atoms with Crippen LogP contribution in [0.1, 0.15) is 34.8 Å². The molecule has 1 fully saturated rings. The quantitative estimate of drug-likeness (QED) is 0.606. The van der Waals surface area contributed by atoms with E-state index in [4.69, 9.17) is 9.47 Å². The van der Waals surface area contributed by atoms with Crippen molar-refractivity contribution < 1.29 is 23.0 Å². The molecule has 4 rings (SSSR count). The van der Waals surface area contributed by atoms with E-state index in [0.717, 1.165) is 18.1 Å². The summed E-state index contributed by atoms with van der Waals surface area (Å²) in [6.45, 7) is 0.487. The van der Waals surface area contributed by atoms with E-state index in [1.54, 1.807) is 35.2 Å². The first-order valence-corrected chi connectivity index (χ1v) is 9.84. The first-order valence-electron chi connectivity index (χ1n) is 9.84. The molecule has 0 aliphatic carbocycles. The Hall–Kier alpha value is -3.55. The van der Waals surface area contributed by atoms with Gasteiger partial charge in [-0.3, -0.25) is 4.79 Å². The third-order valence-electron chi connectivity index (χ3n) is 5.44. The third-order valence-corrected chi connectivity index (χ3v) is 5.44. The predicted octanol–water partition coefficient (Wildman–Crippen LogP) is 4.42. The van der Waals surface area contributed by atoms with Crippen LogP contribution in [0.3, 0.4) is 0 Å². The highest BCUT2D eigenvalue weighted by Gasteiger charge is 2.33. The summed E-state index contributed by atoms with van der Waals surface area (Å²) in [5, 5.41) is 7.87. The number of nitrogens with zero attached hydrogens (tertiary/aromatic N) is 3. The van der Waals surface area contributed by atoms with E-state index in [0.29, 0.717) is 35.9 Å². The van der Waals surface area contributed by atoms with Crippen LogP contribution in [0.2, 0.25) is 0 Å². The van der Waals surface area contributed by atoms with Crippen molar-refractivity contribution in [3.05, 3.63) is 71.3 Å². The summed E-state index contributed by atoms with van der Waals surface area (Å²) in [4.78, 5) is 14.7. The highest BCUT2D eigenvalue weighted by atomic mass is 19.2. The van der Waals surface area contributed by atoms with Crippen LogP contribution in [0.25, 0.3) is 11.1 Å². The first-order chi connectivity index (χ1) is 15.0. The standard InChI is InChI=1S/C23H21F2N3O3/c1-30-20-13-17(22(31-2)27-26-20)14-8-10-15(11-9-14)23(29)28-12-4-7-19(28)16-5-3-6-18(24)21(16)25/h3,5-6,8-11,13,19H,4,7,12H2,1-2H3/t19-/m1/s1. The predicted molar refractivity (Wildman–Crippen MR) is 110 cm³/mol. The maximum absolute atomic E-state index is 14.3. The number of aromatic nitrogens is 2. The van der Waals surface area contributed by atoms with Gasteiger partial charge in [0.25, 0.3) is 5.91 Å². The molecule has 3 aromatic rings. The van der Waals surface area contributed by atoms with E-state index < -0.39 is 17.7 Å². The molecule has 1 aromatic heterocycles. The maximum Gasteiger partial charge on any atom is 0.254 e. The second-order valence-corrected chi connectivity index (χ2v) is 7.19. The number of likely N-dealkylation sites (tertiary alicyclic amines) is 1. The smallest absolute Gasteiger partial charge is 0.254 e. The fourth-order valence-electron chi connectivity index (χ4n) is 3.89. The number of carbonyl (C=O) groups excluding carboxylic acids is 1. The third kappa shape index (κ3) is 3.93. The Morgan fingerprint density at radius 1 is 1.06 bits per heavy atom. The molecule has 8 heteroatoms. The average molecular weight is 425 g/mol. The van der Waals surface area contributed by atoms with E-state index in [1.807, 2.05) is 0 Å². The van der Waals surface area contributed by atoms with Crippen LogP contribution >= 0.6 is 0 Å². The van der Waals surface area contributed by atoms with E-state index >= 15 is 0 Å². The molecule has 0 N–H and O–H groups in total. The minimum absolute atomic E-state index is 0.210. The zero-order valence-electron chi connectivity index (χ0n) is 17.1. The highest BCUT2D eigenvalue weighted by Crippen LogP contribution is 2.36. The van der Waals surface area contributed by atoms with Crippen LogP contribution in [0.4, 0.5) is 8.78 Å². The van der Waals surface area contributed by atoms with Gasteiger partial charge < -0.3 is 14.4 Å². The summed E-state index contributed by atoms with van der Waals surface area (Å²) < 4.78 is 38.4. The van der Waals surface area contributed by atoms with Crippen molar-refractivity contribution in [2.45, 2.75) is 18.9 Å². The lowest BCUT2D eigenvalue weighted by atomic mass is 10.0. The Morgan fingerprint density at radius 3 is 2.55 bits per heavy atom. The van der Waals surface area contributed by atoms with Gasteiger partial charge in [0.05, 0.1) is 25.8 Å². The number of rotatable bonds is 5. The lowest BCUT2D eigenvalue weighted by molar-refractivity contribution is 0.0733. The topological polar surface area (TPSA) is 64.5 Å². The van der Waals surface area contributed by atoms with Crippen molar-refractivity contribution in [1.82, 2.24) is 15.1 Å². The lowest BCUT2D eigenvalue weighted by Crippen LogP contribution is -2.31. The van der Waals surface area contributed by atoms with Gasteiger partial charge in [-0.15, -0.1) is 10.2 Å². The van der Waals surface area contributed by atoms with Gasteiger partial charge in [-0.1, -0.05) is 24.3 Å². The number of amides is 1. The largest absolute Gasteiger partial charge is 0.480 e. The molecule has 1 aliphatic heterocycles. The van der Waals surface area contributed by atoms with Gasteiger partial charge in [0.2, 0.25) is 11.8 Å². The van der Waals surface area contributed by atoms with Gasteiger partial charge in [0, 0.05) is 23.7 Å². The van der Waals surface area contributed by atoms with Crippen molar-refractivity contribution in [3.63, 3.8) is 0 Å². The van der Waals surface area contributed by atoms with Crippen molar-refractivity contribution in [2.75, 3.05) is 20.8 Å². The van der Waals surface area contributed by atoms with Crippen molar-refractivity contribution >= 4 is 5.91 Å². The number of halogens is 2. The van der Waals surface area contributed by atoms with E-state index in [2.05, 4.69) is 10.2 Å². The molecule has 1 atom stereocenters. The molecule has 160 valence electrons. The normalized spacial score (nSPS) is 15.7. The molecule has 31 heavy (non-hydrogen) atoms. The SMILES string of the molecule is COc1cc(-c2ccc(C(=O)N3CCC[C@@H]3c3cccc(F)c3F)cc2)c(OC)nn1. The fourth-order valence-corrected chi connectivity index (χ4v) is 3.89. The van der Waals surface area contributed by atoms with Crippen LogP contribution in [0, 0.1) is 11.6 Å². The molecule has 6 nitrogen and oxygen atoms in total. The Morgan fingerprint density at radius 2 is 1.84 bits per heavy atom. The molecule has 0 radical (unpaired) electrons. The molecule has 1 amide bonds. The van der Waals surface area contributed by atoms with Crippen LogP contribution < -0.4 is 9.47 Å². The molecule has 2 heterocycles. The monoisotopic (exact) mass is 425 g/mol. The van der Waals surface area contributed by atoms with E-state index in [1.165, 1.54) is 26.4 Å². The summed E-state index contributed by atoms with van der Waals surface area (Å²) in [6, 6.07) is 12.2. The lowest BCUT2D eigenvalue weighted by Gasteiger charge is -2.25. The summed E-state index contributed by atoms with van der Waals surface area (Å²) in [5.74, 6) is -1.35. The summed E-state index contributed by atoms with van der Waals surface area (Å²) >= 11 is 0. The van der Waals surface area contributed by atoms with Gasteiger partial charge in [-0.05, 0) is 36.6 Å². The summed E-state index contributed by atoms with van der Waals surface area (Å²) in [7, 11) is 2.99. The Labute approximate surface area is 178 Å². The summed E-state index contributed by atoms with van der Waals surface area (Å²) in [5.41, 5.74) is 2.12. The average Bonchev–Trinajstić information content (AvgIpc) is 3.29. The Bertz CT molecular complexity index is 1110. The number of benzene rings is 2. The number of carbonyl (C=O) groups is 1. The molecular weight excluding hydrogens is 404 g/mol. The Kier molecular flexibility index (Phi) is 5.79. The zero-order chi connectivity index (χ0) is 22.0. The van der Waals surface area contributed by atoms with Crippen LogP contribution in [0.15, 0.2) is 48.5 Å². The molecule has 1 saturated heterocycles. The maximum atomic E-state index is 14.3. The van der Waals surface area contributed by atoms with Crippen LogP contribution in [-0.2, 0) is 0 Å².